The number of nitrogens with one attached hydrogen (secondary N) is 1. The van der Waals surface area contributed by atoms with Gasteiger partial charge >= 0.3 is 5.97 Å². The molecule has 2 aliphatic rings. The van der Waals surface area contributed by atoms with Crippen molar-refractivity contribution in [2.45, 2.75) is 25.7 Å². The second-order valence-electron chi connectivity index (χ2n) is 5.86. The summed E-state index contributed by atoms with van der Waals surface area (Å²) in [6, 6.07) is 5.03. The molecule has 0 radical (unpaired) electrons. The van der Waals surface area contributed by atoms with E-state index in [-0.39, 0.29) is 5.91 Å². The van der Waals surface area contributed by atoms with E-state index in [9.17, 15) is 9.59 Å². The fourth-order valence-corrected chi connectivity index (χ4v) is 3.25. The Kier molecular flexibility index (Phi) is 3.92. The number of piperidine rings is 1. The predicted molar refractivity (Wildman–Crippen MR) is 79.7 cm³/mol. The molecule has 1 amide bonds. The van der Waals surface area contributed by atoms with Gasteiger partial charge in [0.2, 0.25) is 5.91 Å². The van der Waals surface area contributed by atoms with Crippen LogP contribution >= 0.6 is 0 Å². The Morgan fingerprint density at radius 1 is 1.38 bits per heavy atom. The van der Waals surface area contributed by atoms with E-state index in [1.165, 1.54) is 0 Å². The highest BCUT2D eigenvalue weighted by Gasteiger charge is 2.27. The number of benzene rings is 1. The van der Waals surface area contributed by atoms with E-state index in [2.05, 4.69) is 5.32 Å². The first-order chi connectivity index (χ1) is 10.1. The van der Waals surface area contributed by atoms with Gasteiger partial charge in [-0.05, 0) is 62.0 Å². The van der Waals surface area contributed by atoms with Crippen LogP contribution in [0.15, 0.2) is 18.2 Å². The third-order valence-electron chi connectivity index (χ3n) is 4.39. The third-order valence-corrected chi connectivity index (χ3v) is 4.39. The van der Waals surface area contributed by atoms with E-state index in [4.69, 9.17) is 5.11 Å². The number of carbonyl (C=O) groups is 2. The summed E-state index contributed by atoms with van der Waals surface area (Å²) >= 11 is 0. The van der Waals surface area contributed by atoms with Gasteiger partial charge in [-0.1, -0.05) is 0 Å². The molecule has 0 aromatic heterocycles. The summed E-state index contributed by atoms with van der Waals surface area (Å²) in [6.45, 7) is 2.64. The zero-order valence-corrected chi connectivity index (χ0v) is 12.0. The molecule has 0 bridgehead atoms. The van der Waals surface area contributed by atoms with Crippen molar-refractivity contribution in [3.63, 3.8) is 0 Å². The van der Waals surface area contributed by atoms with Gasteiger partial charge in [0.05, 0.1) is 5.56 Å². The lowest BCUT2D eigenvalue weighted by Gasteiger charge is -2.25. The minimum absolute atomic E-state index is 0.158. The predicted octanol–water partition coefficient (Wildman–Crippen LogP) is 1.66. The van der Waals surface area contributed by atoms with Crippen molar-refractivity contribution in [3.8, 4) is 0 Å². The van der Waals surface area contributed by atoms with Crippen LogP contribution in [0.4, 0.5) is 5.69 Å². The zero-order valence-electron chi connectivity index (χ0n) is 12.0. The van der Waals surface area contributed by atoms with Crippen LogP contribution in [0.3, 0.4) is 0 Å². The molecule has 2 heterocycles. The number of hydrogen-bond acceptors (Lipinski definition) is 3. The maximum Gasteiger partial charge on any atom is 0.335 e. The number of rotatable bonds is 3. The standard InChI is InChI=1S/C16H20N2O3/c19-15(8-11-2-1-6-17-10-11)18-7-5-12-9-13(16(20)21)3-4-14(12)18/h3-4,9,11,17H,1-2,5-8,10H2,(H,20,21). The monoisotopic (exact) mass is 288 g/mol. The lowest BCUT2D eigenvalue weighted by molar-refractivity contribution is -0.119. The molecule has 0 saturated carbocycles. The molecule has 2 aliphatic heterocycles. The van der Waals surface area contributed by atoms with Crippen LogP contribution < -0.4 is 10.2 Å². The lowest BCUT2D eigenvalue weighted by atomic mass is 9.95. The zero-order chi connectivity index (χ0) is 14.8. The Morgan fingerprint density at radius 3 is 2.95 bits per heavy atom. The molecule has 2 N–H and O–H groups in total. The van der Waals surface area contributed by atoms with Crippen molar-refractivity contribution in [2.24, 2.45) is 5.92 Å². The Bertz CT molecular complexity index is 565. The minimum atomic E-state index is -0.921. The summed E-state index contributed by atoms with van der Waals surface area (Å²) in [5.41, 5.74) is 2.14. The van der Waals surface area contributed by atoms with Gasteiger partial charge in [0.25, 0.3) is 0 Å². The van der Waals surface area contributed by atoms with Crippen LogP contribution in [-0.4, -0.2) is 36.6 Å². The number of anilines is 1. The number of nitrogens with zero attached hydrogens (tertiary/aromatic N) is 1. The second-order valence-corrected chi connectivity index (χ2v) is 5.86. The van der Waals surface area contributed by atoms with E-state index in [0.29, 0.717) is 24.4 Å². The maximum absolute atomic E-state index is 12.5. The van der Waals surface area contributed by atoms with Crippen molar-refractivity contribution in [1.82, 2.24) is 5.32 Å². The van der Waals surface area contributed by atoms with Crippen LogP contribution in [0.2, 0.25) is 0 Å². The molecule has 0 spiro atoms. The number of aromatic carboxylic acids is 1. The topological polar surface area (TPSA) is 69.6 Å². The molecular formula is C16H20N2O3. The molecule has 1 aromatic carbocycles. The molecule has 1 atom stereocenters. The third kappa shape index (κ3) is 2.93. The number of fused-ring (bicyclic) bond motifs is 1. The summed E-state index contributed by atoms with van der Waals surface area (Å²) in [4.78, 5) is 25.3. The molecule has 5 nitrogen and oxygen atoms in total. The highest BCUT2D eigenvalue weighted by molar-refractivity contribution is 5.97. The van der Waals surface area contributed by atoms with Gasteiger partial charge in [0.15, 0.2) is 0 Å². The van der Waals surface area contributed by atoms with Crippen molar-refractivity contribution < 1.29 is 14.7 Å². The molecule has 5 heteroatoms. The molecule has 112 valence electrons. The molecule has 0 aliphatic carbocycles. The molecule has 1 fully saturated rings. The molecule has 1 unspecified atom stereocenters. The van der Waals surface area contributed by atoms with Crippen LogP contribution in [0.5, 0.6) is 0 Å². The highest BCUT2D eigenvalue weighted by atomic mass is 16.4. The summed E-state index contributed by atoms with van der Waals surface area (Å²) in [7, 11) is 0. The Labute approximate surface area is 123 Å². The first-order valence-electron chi connectivity index (χ1n) is 7.52. The van der Waals surface area contributed by atoms with E-state index in [1.807, 2.05) is 4.90 Å². The van der Waals surface area contributed by atoms with E-state index >= 15 is 0 Å². The van der Waals surface area contributed by atoms with Crippen molar-refractivity contribution in [3.05, 3.63) is 29.3 Å². The van der Waals surface area contributed by atoms with Crippen LogP contribution in [-0.2, 0) is 11.2 Å². The first kappa shape index (κ1) is 14.1. The van der Waals surface area contributed by atoms with Gasteiger partial charge < -0.3 is 15.3 Å². The summed E-state index contributed by atoms with van der Waals surface area (Å²) < 4.78 is 0. The van der Waals surface area contributed by atoms with Gasteiger partial charge in [0, 0.05) is 18.7 Å². The quantitative estimate of drug-likeness (QED) is 0.887. The molecule has 21 heavy (non-hydrogen) atoms. The fraction of sp³-hybridized carbons (Fsp3) is 0.500. The van der Waals surface area contributed by atoms with E-state index in [1.54, 1.807) is 18.2 Å². The Morgan fingerprint density at radius 2 is 2.24 bits per heavy atom. The normalized spacial score (nSPS) is 21.1. The SMILES string of the molecule is O=C(O)c1ccc2c(c1)CCN2C(=O)CC1CCCNC1. The highest BCUT2D eigenvalue weighted by Crippen LogP contribution is 2.30. The van der Waals surface area contributed by atoms with Crippen LogP contribution in [0.1, 0.15) is 35.2 Å². The van der Waals surface area contributed by atoms with Gasteiger partial charge in [-0.2, -0.15) is 0 Å². The van der Waals surface area contributed by atoms with Crippen molar-refractivity contribution in [1.29, 1.82) is 0 Å². The van der Waals surface area contributed by atoms with E-state index in [0.717, 1.165) is 43.6 Å². The largest absolute Gasteiger partial charge is 0.478 e. The summed E-state index contributed by atoms with van der Waals surface area (Å²) in [6.07, 6.45) is 3.56. The number of amides is 1. The average Bonchev–Trinajstić information content (AvgIpc) is 2.91. The number of carboxylic acids is 1. The number of hydrogen-bond donors (Lipinski definition) is 2. The number of carboxylic acid groups (broad SMARTS) is 1. The van der Waals surface area contributed by atoms with Crippen molar-refractivity contribution in [2.75, 3.05) is 24.5 Å². The average molecular weight is 288 g/mol. The van der Waals surface area contributed by atoms with Crippen molar-refractivity contribution >= 4 is 17.6 Å². The Balaban J connectivity index is 1.71. The smallest absolute Gasteiger partial charge is 0.335 e. The number of carbonyl (C=O) groups excluding carboxylic acids is 1. The van der Waals surface area contributed by atoms with Gasteiger partial charge in [-0.15, -0.1) is 0 Å². The Hall–Kier alpha value is -1.88. The first-order valence-corrected chi connectivity index (χ1v) is 7.52. The second kappa shape index (κ2) is 5.85. The minimum Gasteiger partial charge on any atom is -0.478 e. The summed E-state index contributed by atoms with van der Waals surface area (Å²) in [5, 5.41) is 12.4. The summed E-state index contributed by atoms with van der Waals surface area (Å²) in [5.74, 6) is -0.338. The van der Waals surface area contributed by atoms with Crippen LogP contribution in [0.25, 0.3) is 0 Å². The fourth-order valence-electron chi connectivity index (χ4n) is 3.25. The lowest BCUT2D eigenvalue weighted by Crippen LogP contribution is -2.36. The molecule has 3 rings (SSSR count). The molecular weight excluding hydrogens is 268 g/mol. The van der Waals surface area contributed by atoms with E-state index < -0.39 is 5.97 Å². The molecule has 1 aromatic rings. The van der Waals surface area contributed by atoms with Gasteiger partial charge in [-0.3, -0.25) is 4.79 Å². The van der Waals surface area contributed by atoms with Crippen LogP contribution in [0, 0.1) is 5.92 Å². The van der Waals surface area contributed by atoms with Gasteiger partial charge in [-0.25, -0.2) is 4.79 Å². The van der Waals surface area contributed by atoms with Gasteiger partial charge in [0.1, 0.15) is 0 Å². The molecule has 1 saturated heterocycles. The maximum atomic E-state index is 12.5.